The van der Waals surface area contributed by atoms with Crippen LogP contribution in [0.25, 0.3) is 0 Å². The van der Waals surface area contributed by atoms with Gasteiger partial charge in [0.05, 0.1) is 0 Å². The third kappa shape index (κ3) is 3.53. The molecule has 1 unspecified atom stereocenters. The van der Waals surface area contributed by atoms with Gasteiger partial charge in [-0.2, -0.15) is 0 Å². The van der Waals surface area contributed by atoms with E-state index < -0.39 is 0 Å². The molecule has 20 heavy (non-hydrogen) atoms. The van der Waals surface area contributed by atoms with Gasteiger partial charge in [0, 0.05) is 30.7 Å². The third-order valence-electron chi connectivity index (χ3n) is 4.42. The maximum Gasteiger partial charge on any atom is 0.123 e. The number of nitrogens with zero attached hydrogens (tertiary/aromatic N) is 1. The molecule has 0 saturated carbocycles. The predicted molar refractivity (Wildman–Crippen MR) is 83.9 cm³/mol. The molecule has 1 heterocycles. The van der Waals surface area contributed by atoms with E-state index in [2.05, 4.69) is 43.9 Å². The SMILES string of the molecule is CC(C)CCC(C)(CN)N1CCOc2ccccc2C1. The zero-order chi connectivity index (χ0) is 14.6. The van der Waals surface area contributed by atoms with E-state index >= 15 is 0 Å². The first-order valence-corrected chi connectivity index (χ1v) is 7.71. The fourth-order valence-electron chi connectivity index (χ4n) is 2.78. The van der Waals surface area contributed by atoms with Crippen molar-refractivity contribution in [3.05, 3.63) is 29.8 Å². The first-order valence-electron chi connectivity index (χ1n) is 7.71. The van der Waals surface area contributed by atoms with E-state index in [0.717, 1.165) is 37.8 Å². The Kier molecular flexibility index (Phi) is 5.06. The molecule has 0 radical (unpaired) electrons. The lowest BCUT2D eigenvalue weighted by molar-refractivity contribution is 0.0806. The molecule has 3 heteroatoms. The van der Waals surface area contributed by atoms with Crippen molar-refractivity contribution in [1.82, 2.24) is 4.90 Å². The highest BCUT2D eigenvalue weighted by Crippen LogP contribution is 2.29. The Balaban J connectivity index is 2.14. The summed E-state index contributed by atoms with van der Waals surface area (Å²) in [6.07, 6.45) is 2.36. The van der Waals surface area contributed by atoms with Gasteiger partial charge in [0.1, 0.15) is 12.4 Å². The number of fused-ring (bicyclic) bond motifs is 1. The summed E-state index contributed by atoms with van der Waals surface area (Å²) in [6, 6.07) is 8.34. The number of rotatable bonds is 5. The van der Waals surface area contributed by atoms with Gasteiger partial charge in [-0.05, 0) is 31.7 Å². The van der Waals surface area contributed by atoms with E-state index in [-0.39, 0.29) is 5.54 Å². The third-order valence-corrected chi connectivity index (χ3v) is 4.42. The van der Waals surface area contributed by atoms with E-state index in [0.29, 0.717) is 6.54 Å². The van der Waals surface area contributed by atoms with Gasteiger partial charge in [0.25, 0.3) is 0 Å². The largest absolute Gasteiger partial charge is 0.492 e. The highest BCUT2D eigenvalue weighted by Gasteiger charge is 2.32. The lowest BCUT2D eigenvalue weighted by Crippen LogP contribution is -2.52. The number of hydrogen-bond acceptors (Lipinski definition) is 3. The second-order valence-corrected chi connectivity index (χ2v) is 6.51. The van der Waals surface area contributed by atoms with Crippen LogP contribution in [0.5, 0.6) is 5.75 Å². The molecule has 0 saturated heterocycles. The van der Waals surface area contributed by atoms with Crippen LogP contribution in [0.3, 0.4) is 0 Å². The normalized spacial score (nSPS) is 19.1. The van der Waals surface area contributed by atoms with Crippen LogP contribution >= 0.6 is 0 Å². The number of nitrogens with two attached hydrogens (primary N) is 1. The number of ether oxygens (including phenoxy) is 1. The molecule has 1 aromatic carbocycles. The lowest BCUT2D eigenvalue weighted by atomic mass is 9.89. The molecule has 0 spiro atoms. The van der Waals surface area contributed by atoms with Crippen LogP contribution in [-0.2, 0) is 6.54 Å². The molecule has 1 aromatic rings. The molecule has 0 amide bonds. The second kappa shape index (κ2) is 6.59. The topological polar surface area (TPSA) is 38.5 Å². The number of para-hydroxylation sites is 1. The number of benzene rings is 1. The highest BCUT2D eigenvalue weighted by atomic mass is 16.5. The minimum atomic E-state index is 0.0606. The summed E-state index contributed by atoms with van der Waals surface area (Å²) in [5.41, 5.74) is 7.45. The molecule has 112 valence electrons. The van der Waals surface area contributed by atoms with E-state index in [1.807, 2.05) is 6.07 Å². The van der Waals surface area contributed by atoms with Gasteiger partial charge in [0.15, 0.2) is 0 Å². The van der Waals surface area contributed by atoms with Crippen molar-refractivity contribution in [3.63, 3.8) is 0 Å². The average Bonchev–Trinajstić information content (AvgIpc) is 2.67. The van der Waals surface area contributed by atoms with Gasteiger partial charge in [-0.15, -0.1) is 0 Å². The Morgan fingerprint density at radius 1 is 1.35 bits per heavy atom. The van der Waals surface area contributed by atoms with Crippen LogP contribution in [0.2, 0.25) is 0 Å². The van der Waals surface area contributed by atoms with E-state index in [9.17, 15) is 0 Å². The Bertz CT molecular complexity index is 433. The van der Waals surface area contributed by atoms with E-state index in [1.165, 1.54) is 12.0 Å². The van der Waals surface area contributed by atoms with E-state index in [1.54, 1.807) is 0 Å². The van der Waals surface area contributed by atoms with Gasteiger partial charge in [-0.1, -0.05) is 32.0 Å². The minimum Gasteiger partial charge on any atom is -0.492 e. The molecule has 0 aromatic heterocycles. The van der Waals surface area contributed by atoms with Crippen molar-refractivity contribution in [1.29, 1.82) is 0 Å². The van der Waals surface area contributed by atoms with Crippen molar-refractivity contribution in [2.24, 2.45) is 11.7 Å². The maximum atomic E-state index is 6.11. The monoisotopic (exact) mass is 276 g/mol. The molecule has 0 bridgehead atoms. The standard InChI is InChI=1S/C17H28N2O/c1-14(2)8-9-17(3,13-18)19-10-11-20-16-7-5-4-6-15(16)12-19/h4-7,14H,8-13,18H2,1-3H3. The summed E-state index contributed by atoms with van der Waals surface area (Å²) in [5, 5.41) is 0. The van der Waals surface area contributed by atoms with Crippen molar-refractivity contribution in [2.75, 3.05) is 19.7 Å². The summed E-state index contributed by atoms with van der Waals surface area (Å²) in [7, 11) is 0. The molecule has 0 fully saturated rings. The first-order chi connectivity index (χ1) is 9.55. The smallest absolute Gasteiger partial charge is 0.123 e. The second-order valence-electron chi connectivity index (χ2n) is 6.51. The number of hydrogen-bond donors (Lipinski definition) is 1. The lowest BCUT2D eigenvalue weighted by Gasteiger charge is -2.40. The molecule has 1 atom stereocenters. The van der Waals surface area contributed by atoms with Gasteiger partial charge in [0.2, 0.25) is 0 Å². The molecule has 1 aliphatic rings. The molecule has 2 rings (SSSR count). The van der Waals surface area contributed by atoms with Crippen LogP contribution in [0, 0.1) is 5.92 Å². The Morgan fingerprint density at radius 2 is 2.10 bits per heavy atom. The Labute approximate surface area is 123 Å². The molecule has 1 aliphatic heterocycles. The summed E-state index contributed by atoms with van der Waals surface area (Å²) >= 11 is 0. The molecular weight excluding hydrogens is 248 g/mol. The summed E-state index contributed by atoms with van der Waals surface area (Å²) in [5.74, 6) is 1.75. The Morgan fingerprint density at radius 3 is 2.80 bits per heavy atom. The van der Waals surface area contributed by atoms with E-state index in [4.69, 9.17) is 10.5 Å². The summed E-state index contributed by atoms with van der Waals surface area (Å²) in [6.45, 7) is 10.2. The van der Waals surface area contributed by atoms with Gasteiger partial charge >= 0.3 is 0 Å². The van der Waals surface area contributed by atoms with Crippen molar-refractivity contribution in [3.8, 4) is 5.75 Å². The zero-order valence-electron chi connectivity index (χ0n) is 13.1. The highest BCUT2D eigenvalue weighted by molar-refractivity contribution is 5.34. The van der Waals surface area contributed by atoms with Gasteiger partial charge in [-0.25, -0.2) is 0 Å². The van der Waals surface area contributed by atoms with Crippen LogP contribution in [0.4, 0.5) is 0 Å². The predicted octanol–water partition coefficient (Wildman–Crippen LogP) is 3.03. The Hall–Kier alpha value is -1.06. The fraction of sp³-hybridized carbons (Fsp3) is 0.647. The fourth-order valence-corrected chi connectivity index (χ4v) is 2.78. The summed E-state index contributed by atoms with van der Waals surface area (Å²) < 4.78 is 5.86. The van der Waals surface area contributed by atoms with Gasteiger partial charge < -0.3 is 10.5 Å². The first kappa shape index (κ1) is 15.3. The van der Waals surface area contributed by atoms with Crippen LogP contribution in [0.1, 0.15) is 39.2 Å². The zero-order valence-corrected chi connectivity index (χ0v) is 13.1. The molecule has 3 nitrogen and oxygen atoms in total. The molecular formula is C17H28N2O. The minimum absolute atomic E-state index is 0.0606. The maximum absolute atomic E-state index is 6.11. The average molecular weight is 276 g/mol. The molecule has 0 aliphatic carbocycles. The summed E-state index contributed by atoms with van der Waals surface area (Å²) in [4.78, 5) is 2.50. The van der Waals surface area contributed by atoms with Crippen molar-refractivity contribution >= 4 is 0 Å². The van der Waals surface area contributed by atoms with Gasteiger partial charge in [-0.3, -0.25) is 4.90 Å². The molecule has 2 N–H and O–H groups in total. The quantitative estimate of drug-likeness (QED) is 0.898. The van der Waals surface area contributed by atoms with Crippen LogP contribution < -0.4 is 10.5 Å². The van der Waals surface area contributed by atoms with Crippen molar-refractivity contribution in [2.45, 2.75) is 45.7 Å². The van der Waals surface area contributed by atoms with Crippen LogP contribution in [-0.4, -0.2) is 30.1 Å². The van der Waals surface area contributed by atoms with Crippen LogP contribution in [0.15, 0.2) is 24.3 Å². The van der Waals surface area contributed by atoms with Crippen molar-refractivity contribution < 1.29 is 4.74 Å².